The van der Waals surface area contributed by atoms with E-state index in [1.807, 2.05) is 0 Å². The van der Waals surface area contributed by atoms with Gasteiger partial charge in [0.1, 0.15) is 22.8 Å². The van der Waals surface area contributed by atoms with E-state index in [0.29, 0.717) is 5.56 Å². The average molecular weight is 525 g/mol. The van der Waals surface area contributed by atoms with Crippen LogP contribution in [-0.2, 0) is 9.59 Å². The summed E-state index contributed by atoms with van der Waals surface area (Å²) in [5.74, 6) is -8.86. The summed E-state index contributed by atoms with van der Waals surface area (Å²) >= 11 is 0. The standard InChI is InChI=1S/C22H24N2O8.HNO3.H2O/c1-7-8-5-4-6-9(25)11(8)16(26)12-10(7)17(27)14-15(24(2)3)18(28)13(21(23)31)20(30)22(14,32)19(12)29;2-1(3)4;/h4-7,10,14-15,17,25,27-29,32H,1-3H3,(H2,23,31);(H,2,3,4);1H2/t7-,10+,14+,15-,17-,22-;;/m0../s1. The summed E-state index contributed by atoms with van der Waals surface area (Å²) in [5, 5.41) is 68.7. The van der Waals surface area contributed by atoms with Crippen molar-refractivity contribution in [3.05, 3.63) is 62.1 Å². The number of likely N-dealkylation sites (N-methyl/N-ethyl adjacent to an activating group) is 1. The number of Topliss-reactive ketones (excluding diaryl/α,β-unsaturated/α-hetero) is 2. The highest BCUT2D eigenvalue weighted by Crippen LogP contribution is 2.55. The quantitative estimate of drug-likeness (QED) is 0.132. The maximum absolute atomic E-state index is 13.3. The van der Waals surface area contributed by atoms with Crippen molar-refractivity contribution in [1.82, 2.24) is 4.90 Å². The molecule has 0 spiro atoms. The van der Waals surface area contributed by atoms with E-state index in [2.05, 4.69) is 0 Å². The molecule has 0 fully saturated rings. The van der Waals surface area contributed by atoms with Gasteiger partial charge in [-0.2, -0.15) is 0 Å². The van der Waals surface area contributed by atoms with E-state index in [9.17, 15) is 39.9 Å². The highest BCUT2D eigenvalue weighted by atomic mass is 16.9. The number of nitrogens with zero attached hydrogens (tertiary/aromatic N) is 2. The lowest BCUT2D eigenvalue weighted by Gasteiger charge is -2.53. The van der Waals surface area contributed by atoms with E-state index >= 15 is 0 Å². The number of hydrogen-bond acceptors (Lipinski definition) is 11. The minimum absolute atomic E-state index is 0. The van der Waals surface area contributed by atoms with Crippen LogP contribution in [0.4, 0.5) is 0 Å². The molecular weight excluding hydrogens is 498 g/mol. The summed E-state index contributed by atoms with van der Waals surface area (Å²) in [4.78, 5) is 48.2. The normalized spacial score (nSPS) is 30.4. The number of phenols is 1. The first-order chi connectivity index (χ1) is 16.6. The molecule has 1 aromatic carbocycles. The molecular formula is C22H27N3O12. The van der Waals surface area contributed by atoms with E-state index in [-0.39, 0.29) is 16.8 Å². The summed E-state index contributed by atoms with van der Waals surface area (Å²) in [6.07, 6.45) is -1.59. The Labute approximate surface area is 208 Å². The third kappa shape index (κ3) is 4.07. The number of aliphatic hydroxyl groups excluding tert-OH is 3. The van der Waals surface area contributed by atoms with Gasteiger partial charge in [0, 0.05) is 11.5 Å². The molecule has 3 aliphatic rings. The van der Waals surface area contributed by atoms with E-state index in [0.717, 1.165) is 0 Å². The molecule has 0 saturated heterocycles. The van der Waals surface area contributed by atoms with Gasteiger partial charge in [0.25, 0.3) is 11.0 Å². The predicted octanol–water partition coefficient (Wildman–Crippen LogP) is -1.52. The number of hydrogen-bond donors (Lipinski definition) is 7. The fourth-order valence-electron chi connectivity index (χ4n) is 5.58. The van der Waals surface area contributed by atoms with E-state index in [4.69, 9.17) is 21.1 Å². The number of nitrogens with two attached hydrogens (primary N) is 1. The van der Waals surface area contributed by atoms with Crippen LogP contribution in [0.5, 0.6) is 5.75 Å². The van der Waals surface area contributed by atoms with Crippen molar-refractivity contribution in [3.8, 4) is 5.75 Å². The summed E-state index contributed by atoms with van der Waals surface area (Å²) in [6, 6.07) is 3.17. The number of amides is 1. The number of carbonyl (C=O) groups excluding carboxylic acids is 3. The number of fused-ring (bicyclic) bond motifs is 3. The maximum atomic E-state index is 13.3. The molecule has 37 heavy (non-hydrogen) atoms. The number of rotatable bonds is 2. The zero-order valence-electron chi connectivity index (χ0n) is 19.8. The molecule has 6 atom stereocenters. The molecule has 10 N–H and O–H groups in total. The molecule has 1 amide bonds. The topological polar surface area (TPSA) is 276 Å². The predicted molar refractivity (Wildman–Crippen MR) is 122 cm³/mol. The van der Waals surface area contributed by atoms with Gasteiger partial charge in [0.05, 0.1) is 23.6 Å². The fraction of sp³-hybridized carbons (Fsp3) is 0.409. The van der Waals surface area contributed by atoms with Crippen molar-refractivity contribution in [2.75, 3.05) is 14.1 Å². The lowest BCUT2D eigenvalue weighted by Crippen LogP contribution is -2.68. The molecule has 0 bridgehead atoms. The number of phenolic OH excluding ortho intramolecular Hbond substituents is 1. The van der Waals surface area contributed by atoms with Crippen molar-refractivity contribution in [1.29, 1.82) is 0 Å². The van der Waals surface area contributed by atoms with Gasteiger partial charge in [-0.15, -0.1) is 10.1 Å². The summed E-state index contributed by atoms with van der Waals surface area (Å²) < 4.78 is 0. The highest BCUT2D eigenvalue weighted by molar-refractivity contribution is 6.25. The van der Waals surface area contributed by atoms with Crippen LogP contribution < -0.4 is 5.73 Å². The first kappa shape index (κ1) is 29.2. The van der Waals surface area contributed by atoms with Crippen LogP contribution in [-0.4, -0.2) is 95.5 Å². The van der Waals surface area contributed by atoms with Crippen LogP contribution in [0, 0.1) is 22.0 Å². The van der Waals surface area contributed by atoms with E-state index in [1.54, 1.807) is 19.1 Å². The van der Waals surface area contributed by atoms with Gasteiger partial charge < -0.3 is 41.9 Å². The molecule has 0 heterocycles. The minimum atomic E-state index is -2.89. The van der Waals surface area contributed by atoms with Crippen LogP contribution in [0.15, 0.2) is 40.9 Å². The molecule has 0 unspecified atom stereocenters. The van der Waals surface area contributed by atoms with Crippen LogP contribution in [0.3, 0.4) is 0 Å². The maximum Gasteiger partial charge on any atom is 0.291 e. The number of benzene rings is 1. The Morgan fingerprint density at radius 3 is 2.22 bits per heavy atom. The Balaban J connectivity index is 0.000000898. The number of aliphatic hydroxyl groups is 4. The van der Waals surface area contributed by atoms with E-state index < -0.39 is 80.7 Å². The lowest BCUT2D eigenvalue weighted by atomic mass is 9.55. The van der Waals surface area contributed by atoms with Crippen molar-refractivity contribution >= 4 is 17.5 Å². The zero-order valence-corrected chi connectivity index (χ0v) is 19.8. The first-order valence-electron chi connectivity index (χ1n) is 10.6. The van der Waals surface area contributed by atoms with Gasteiger partial charge in [-0.3, -0.25) is 19.3 Å². The van der Waals surface area contributed by atoms with Crippen molar-refractivity contribution in [2.45, 2.75) is 30.6 Å². The summed E-state index contributed by atoms with van der Waals surface area (Å²) in [6.45, 7) is 1.68. The van der Waals surface area contributed by atoms with Gasteiger partial charge in [0.2, 0.25) is 5.78 Å². The zero-order chi connectivity index (χ0) is 27.4. The second-order valence-electron chi connectivity index (χ2n) is 9.03. The Morgan fingerprint density at radius 2 is 1.73 bits per heavy atom. The number of primary amides is 1. The van der Waals surface area contributed by atoms with Gasteiger partial charge in [-0.1, -0.05) is 19.1 Å². The summed E-state index contributed by atoms with van der Waals surface area (Å²) in [5.41, 5.74) is 1.36. The molecule has 202 valence electrons. The van der Waals surface area contributed by atoms with Crippen LogP contribution in [0.1, 0.15) is 28.8 Å². The molecule has 0 radical (unpaired) electrons. The lowest BCUT2D eigenvalue weighted by molar-refractivity contribution is -0.742. The third-order valence-corrected chi connectivity index (χ3v) is 7.00. The minimum Gasteiger partial charge on any atom is -0.510 e. The third-order valence-electron chi connectivity index (χ3n) is 7.00. The second-order valence-corrected chi connectivity index (χ2v) is 9.03. The molecule has 15 heteroatoms. The van der Waals surface area contributed by atoms with Gasteiger partial charge in [0.15, 0.2) is 11.4 Å². The molecule has 1 aromatic rings. The van der Waals surface area contributed by atoms with Crippen molar-refractivity contribution < 1.29 is 55.7 Å². The Hall–Kier alpha value is -4.05. The monoisotopic (exact) mass is 525 g/mol. The molecule has 0 aliphatic heterocycles. The Bertz CT molecular complexity index is 1240. The Morgan fingerprint density at radius 1 is 1.19 bits per heavy atom. The summed E-state index contributed by atoms with van der Waals surface area (Å²) in [7, 11) is 2.98. The van der Waals surface area contributed by atoms with Crippen molar-refractivity contribution in [3.63, 3.8) is 0 Å². The smallest absolute Gasteiger partial charge is 0.291 e. The number of ketones is 2. The van der Waals surface area contributed by atoms with Gasteiger partial charge in [-0.25, -0.2) is 0 Å². The number of carbonyl (C=O) groups is 3. The Kier molecular flexibility index (Phi) is 7.71. The highest BCUT2D eigenvalue weighted by Gasteiger charge is 2.67. The van der Waals surface area contributed by atoms with Crippen molar-refractivity contribution in [2.24, 2.45) is 17.6 Å². The van der Waals surface area contributed by atoms with E-state index in [1.165, 1.54) is 25.1 Å². The number of aromatic hydroxyl groups is 1. The molecule has 0 aromatic heterocycles. The van der Waals surface area contributed by atoms with Gasteiger partial charge >= 0.3 is 0 Å². The molecule has 0 saturated carbocycles. The van der Waals surface area contributed by atoms with Crippen LogP contribution >= 0.6 is 0 Å². The molecule has 3 aliphatic carbocycles. The fourth-order valence-corrected chi connectivity index (χ4v) is 5.58. The average Bonchev–Trinajstić information content (AvgIpc) is 2.75. The SMILES string of the molecule is C[C@H]1c2cccc(O)c2C(=O)C2=C(O)[C@]3(O)C(=O)C(C(N)=O)=C(O)[C@@H](N(C)C)[C@@H]3[C@@H](O)[C@@H]21.O.O=[N+]([O-])O. The molecule has 4 rings (SSSR count). The largest absolute Gasteiger partial charge is 0.510 e. The van der Waals surface area contributed by atoms with Crippen LogP contribution in [0.2, 0.25) is 0 Å². The first-order valence-corrected chi connectivity index (χ1v) is 10.6. The second kappa shape index (κ2) is 9.78. The van der Waals surface area contributed by atoms with Crippen LogP contribution in [0.25, 0.3) is 0 Å². The molecule has 15 nitrogen and oxygen atoms in total. The van der Waals surface area contributed by atoms with Gasteiger partial charge in [-0.05, 0) is 31.6 Å².